The van der Waals surface area contributed by atoms with E-state index in [1.54, 1.807) is 0 Å². The molecule has 0 spiro atoms. The molecule has 2 atom stereocenters. The van der Waals surface area contributed by atoms with Crippen LogP contribution >= 0.6 is 0 Å². The Morgan fingerprint density at radius 1 is 1.03 bits per heavy atom. The maximum absolute atomic E-state index is 13.5. The summed E-state index contributed by atoms with van der Waals surface area (Å²) in [5.41, 5.74) is 3.96. The van der Waals surface area contributed by atoms with E-state index in [0.717, 1.165) is 22.3 Å². The molecule has 5 nitrogen and oxygen atoms in total. The van der Waals surface area contributed by atoms with Crippen molar-refractivity contribution in [2.45, 2.75) is 31.0 Å². The van der Waals surface area contributed by atoms with Crippen LogP contribution in [0.2, 0.25) is 0 Å². The zero-order valence-electron chi connectivity index (χ0n) is 15.9. The Kier molecular flexibility index (Phi) is 5.17. The molecule has 1 aliphatic heterocycles. The second-order valence-electron chi connectivity index (χ2n) is 7.61. The van der Waals surface area contributed by atoms with Gasteiger partial charge in [-0.15, -0.1) is 0 Å². The summed E-state index contributed by atoms with van der Waals surface area (Å²) in [6, 6.07) is 13.2. The van der Waals surface area contributed by atoms with Gasteiger partial charge in [0.1, 0.15) is 12.6 Å². The van der Waals surface area contributed by atoms with E-state index in [1.165, 1.54) is 0 Å². The minimum atomic E-state index is -4.72. The van der Waals surface area contributed by atoms with Gasteiger partial charge in [-0.3, -0.25) is 9.69 Å². The maximum Gasteiger partial charge on any atom is 0.410 e. The molecular formula is C22H20F3NO4. The number of alkyl halides is 3. The van der Waals surface area contributed by atoms with Gasteiger partial charge in [-0.2, -0.15) is 13.2 Å². The standard InChI is InChI=1S/C22H20F3NO4/c23-22(24,25)19-11-13(20(27)28)9-10-26(19)21(29)30-12-18-16-7-3-1-5-14(16)15-6-2-4-8-17(15)18/h1-8,13,18-19H,9-12H2,(H,27,28)/t13-,19+/m1/s1. The van der Waals surface area contributed by atoms with Crippen LogP contribution in [-0.4, -0.2) is 47.4 Å². The number of carboxylic acids is 1. The molecule has 0 bridgehead atoms. The molecule has 30 heavy (non-hydrogen) atoms. The van der Waals surface area contributed by atoms with Gasteiger partial charge in [0.2, 0.25) is 0 Å². The topological polar surface area (TPSA) is 66.8 Å². The number of hydrogen-bond donors (Lipinski definition) is 1. The van der Waals surface area contributed by atoms with E-state index < -0.39 is 36.6 Å². The monoisotopic (exact) mass is 419 g/mol. The average Bonchev–Trinajstić information content (AvgIpc) is 3.05. The van der Waals surface area contributed by atoms with Crippen molar-refractivity contribution < 1.29 is 32.6 Å². The third-order valence-electron chi connectivity index (χ3n) is 5.90. The molecule has 1 N–H and O–H groups in total. The SMILES string of the molecule is O=C(O)[C@@H]1CCN(C(=O)OCC2c3ccccc3-c3ccccc32)[C@H](C(F)(F)F)C1. The van der Waals surface area contributed by atoms with Crippen molar-refractivity contribution in [1.29, 1.82) is 0 Å². The highest BCUT2D eigenvalue weighted by atomic mass is 19.4. The van der Waals surface area contributed by atoms with E-state index in [-0.39, 0.29) is 25.5 Å². The normalized spacial score (nSPS) is 21.1. The molecule has 2 aliphatic rings. The third-order valence-corrected chi connectivity index (χ3v) is 5.90. The maximum atomic E-state index is 13.5. The van der Waals surface area contributed by atoms with Gasteiger partial charge in [0.15, 0.2) is 0 Å². The number of ether oxygens (including phenoxy) is 1. The lowest BCUT2D eigenvalue weighted by atomic mass is 9.91. The van der Waals surface area contributed by atoms with Crippen LogP contribution in [0.5, 0.6) is 0 Å². The number of carbonyl (C=O) groups is 2. The number of hydrogen-bond acceptors (Lipinski definition) is 3. The van der Waals surface area contributed by atoms with E-state index >= 15 is 0 Å². The number of fused-ring (bicyclic) bond motifs is 3. The number of carbonyl (C=O) groups excluding carboxylic acids is 1. The summed E-state index contributed by atoms with van der Waals surface area (Å²) in [5.74, 6) is -2.67. The molecule has 1 amide bonds. The number of aliphatic carboxylic acids is 1. The predicted molar refractivity (Wildman–Crippen MR) is 102 cm³/mol. The van der Waals surface area contributed by atoms with Crippen molar-refractivity contribution in [3.8, 4) is 11.1 Å². The van der Waals surface area contributed by atoms with Gasteiger partial charge in [0.05, 0.1) is 5.92 Å². The molecule has 8 heteroatoms. The number of benzene rings is 2. The van der Waals surface area contributed by atoms with Crippen LogP contribution in [0.3, 0.4) is 0 Å². The summed E-state index contributed by atoms with van der Waals surface area (Å²) < 4.78 is 45.8. The van der Waals surface area contributed by atoms with Gasteiger partial charge in [-0.1, -0.05) is 48.5 Å². The second-order valence-corrected chi connectivity index (χ2v) is 7.61. The molecule has 0 radical (unpaired) electrons. The highest BCUT2D eigenvalue weighted by molar-refractivity contribution is 5.79. The van der Waals surface area contributed by atoms with E-state index in [9.17, 15) is 22.8 Å². The first-order valence-electron chi connectivity index (χ1n) is 9.68. The number of nitrogens with zero attached hydrogens (tertiary/aromatic N) is 1. The highest BCUT2D eigenvalue weighted by Gasteiger charge is 2.50. The molecule has 158 valence electrons. The van der Waals surface area contributed by atoms with Crippen molar-refractivity contribution in [3.05, 3.63) is 59.7 Å². The third kappa shape index (κ3) is 3.62. The molecule has 2 aromatic carbocycles. The molecule has 1 saturated heterocycles. The smallest absolute Gasteiger partial charge is 0.410 e. The van der Waals surface area contributed by atoms with E-state index in [2.05, 4.69) is 0 Å². The Labute approximate surface area is 171 Å². The molecule has 1 aliphatic carbocycles. The van der Waals surface area contributed by atoms with Gasteiger partial charge >= 0.3 is 18.2 Å². The molecule has 0 aromatic heterocycles. The van der Waals surface area contributed by atoms with Gasteiger partial charge < -0.3 is 9.84 Å². The Morgan fingerprint density at radius 3 is 2.13 bits per heavy atom. The fourth-order valence-corrected chi connectivity index (χ4v) is 4.40. The van der Waals surface area contributed by atoms with Crippen LogP contribution < -0.4 is 0 Å². The fourth-order valence-electron chi connectivity index (χ4n) is 4.40. The number of carboxylic acid groups (broad SMARTS) is 1. The minimum Gasteiger partial charge on any atom is -0.481 e. The molecule has 1 fully saturated rings. The van der Waals surface area contributed by atoms with Crippen molar-refractivity contribution in [2.75, 3.05) is 13.2 Å². The predicted octanol–water partition coefficient (Wildman–Crippen LogP) is 4.66. The Balaban J connectivity index is 1.51. The summed E-state index contributed by atoms with van der Waals surface area (Å²) in [4.78, 5) is 24.3. The molecule has 4 rings (SSSR count). The molecule has 0 saturated carbocycles. The zero-order chi connectivity index (χ0) is 21.5. The lowest BCUT2D eigenvalue weighted by Gasteiger charge is -2.38. The molecule has 2 aromatic rings. The second kappa shape index (κ2) is 7.66. The summed E-state index contributed by atoms with van der Waals surface area (Å²) in [6.45, 7) is -0.395. The number of amides is 1. The Morgan fingerprint density at radius 2 is 1.60 bits per heavy atom. The summed E-state index contributed by atoms with van der Waals surface area (Å²) in [6.07, 6.45) is -6.49. The van der Waals surface area contributed by atoms with Crippen LogP contribution in [-0.2, 0) is 9.53 Å². The van der Waals surface area contributed by atoms with Crippen molar-refractivity contribution in [2.24, 2.45) is 5.92 Å². The quantitative estimate of drug-likeness (QED) is 0.786. The van der Waals surface area contributed by atoms with Crippen LogP contribution in [0.4, 0.5) is 18.0 Å². The van der Waals surface area contributed by atoms with Gasteiger partial charge in [0, 0.05) is 12.5 Å². The Hall–Kier alpha value is -3.03. The largest absolute Gasteiger partial charge is 0.481 e. The first-order valence-corrected chi connectivity index (χ1v) is 9.68. The Bertz CT molecular complexity index is 929. The number of halogens is 3. The highest BCUT2D eigenvalue weighted by Crippen LogP contribution is 2.44. The van der Waals surface area contributed by atoms with Gasteiger partial charge in [-0.25, -0.2) is 4.79 Å². The van der Waals surface area contributed by atoms with Gasteiger partial charge in [-0.05, 0) is 35.1 Å². The lowest BCUT2D eigenvalue weighted by Crippen LogP contribution is -2.54. The zero-order valence-corrected chi connectivity index (χ0v) is 15.9. The van der Waals surface area contributed by atoms with Crippen molar-refractivity contribution >= 4 is 12.1 Å². The first-order chi connectivity index (χ1) is 14.3. The lowest BCUT2D eigenvalue weighted by molar-refractivity contribution is -0.192. The van der Waals surface area contributed by atoms with E-state index in [1.807, 2.05) is 48.5 Å². The summed E-state index contributed by atoms with van der Waals surface area (Å²) in [5, 5.41) is 9.08. The van der Waals surface area contributed by atoms with Crippen LogP contribution in [0, 0.1) is 5.92 Å². The van der Waals surface area contributed by atoms with E-state index in [4.69, 9.17) is 9.84 Å². The van der Waals surface area contributed by atoms with Gasteiger partial charge in [0.25, 0.3) is 0 Å². The van der Waals surface area contributed by atoms with E-state index in [0.29, 0.717) is 4.90 Å². The molecule has 0 unspecified atom stereocenters. The van der Waals surface area contributed by atoms with Crippen molar-refractivity contribution in [3.63, 3.8) is 0 Å². The van der Waals surface area contributed by atoms with Crippen molar-refractivity contribution in [1.82, 2.24) is 4.90 Å². The summed E-state index contributed by atoms with van der Waals surface area (Å²) >= 11 is 0. The minimum absolute atomic E-state index is 0.0356. The van der Waals surface area contributed by atoms with Crippen LogP contribution in [0.1, 0.15) is 29.9 Å². The average molecular weight is 419 g/mol. The number of rotatable bonds is 3. The molecule has 1 heterocycles. The summed E-state index contributed by atoms with van der Waals surface area (Å²) in [7, 11) is 0. The fraction of sp³-hybridized carbons (Fsp3) is 0.364. The number of piperidine rings is 1. The molecular weight excluding hydrogens is 399 g/mol. The van der Waals surface area contributed by atoms with Crippen LogP contribution in [0.15, 0.2) is 48.5 Å². The first kappa shape index (κ1) is 20.3. The number of likely N-dealkylation sites (tertiary alicyclic amines) is 1. The van der Waals surface area contributed by atoms with Crippen LogP contribution in [0.25, 0.3) is 11.1 Å².